The molecule has 1 atom stereocenters. The zero-order valence-corrected chi connectivity index (χ0v) is 12.8. The van der Waals surface area contributed by atoms with Gasteiger partial charge >= 0.3 is 0 Å². The smallest absolute Gasteiger partial charge is 0.0558 e. The van der Waals surface area contributed by atoms with Crippen molar-refractivity contribution < 1.29 is 5.11 Å². The van der Waals surface area contributed by atoms with Crippen LogP contribution in [0.1, 0.15) is 0 Å². The molecule has 3 N–H and O–H groups in total. The Labute approximate surface area is 118 Å². The molecule has 0 aromatic heterocycles. The van der Waals surface area contributed by atoms with Crippen LogP contribution in [0.4, 0.5) is 0 Å². The summed E-state index contributed by atoms with van der Waals surface area (Å²) in [6, 6.07) is 0. The van der Waals surface area contributed by atoms with Gasteiger partial charge in [0.15, 0.2) is 0 Å². The molecule has 1 heterocycles. The highest BCUT2D eigenvalue weighted by Crippen LogP contribution is 2.15. The standard InChI is InChI=1S/C11H24N2OS3/c14-9-11-10-16-7-3-12-1-5-15-6-2-13-4-8-17-11/h11-14H,1-10H2. The van der Waals surface area contributed by atoms with Gasteiger partial charge in [-0.1, -0.05) is 0 Å². The van der Waals surface area contributed by atoms with Crippen molar-refractivity contribution >= 4 is 35.3 Å². The van der Waals surface area contributed by atoms with E-state index in [0.29, 0.717) is 11.9 Å². The van der Waals surface area contributed by atoms with Gasteiger partial charge in [-0.15, -0.1) is 0 Å². The van der Waals surface area contributed by atoms with E-state index in [1.54, 1.807) is 0 Å². The first-order valence-electron chi connectivity index (χ1n) is 6.23. The van der Waals surface area contributed by atoms with E-state index in [4.69, 9.17) is 0 Å². The van der Waals surface area contributed by atoms with Gasteiger partial charge in [0.25, 0.3) is 0 Å². The van der Waals surface area contributed by atoms with Gasteiger partial charge in [0, 0.05) is 60.2 Å². The summed E-state index contributed by atoms with van der Waals surface area (Å²) in [6.45, 7) is 4.67. The van der Waals surface area contributed by atoms with Crippen LogP contribution in [0.5, 0.6) is 0 Å². The third kappa shape index (κ3) is 9.50. The second-order valence-corrected chi connectivity index (χ2v) is 7.65. The van der Waals surface area contributed by atoms with Gasteiger partial charge in [0.05, 0.1) is 6.61 Å². The summed E-state index contributed by atoms with van der Waals surface area (Å²) in [6.07, 6.45) is 0. The summed E-state index contributed by atoms with van der Waals surface area (Å²) >= 11 is 5.85. The molecule has 0 aliphatic carbocycles. The molecular formula is C11H24N2OS3. The van der Waals surface area contributed by atoms with Crippen molar-refractivity contribution in [1.29, 1.82) is 0 Å². The molecule has 0 saturated carbocycles. The van der Waals surface area contributed by atoms with Gasteiger partial charge in [-0.05, 0) is 0 Å². The Morgan fingerprint density at radius 3 is 2.12 bits per heavy atom. The van der Waals surface area contributed by atoms with E-state index < -0.39 is 0 Å². The van der Waals surface area contributed by atoms with Crippen molar-refractivity contribution in [3.63, 3.8) is 0 Å². The van der Waals surface area contributed by atoms with E-state index in [2.05, 4.69) is 10.6 Å². The van der Waals surface area contributed by atoms with Gasteiger partial charge in [-0.3, -0.25) is 0 Å². The Morgan fingerprint density at radius 1 is 0.882 bits per heavy atom. The predicted octanol–water partition coefficient (Wildman–Crippen LogP) is 0.740. The molecule has 1 aliphatic heterocycles. The van der Waals surface area contributed by atoms with Gasteiger partial charge in [-0.2, -0.15) is 35.3 Å². The van der Waals surface area contributed by atoms with Crippen LogP contribution in [-0.2, 0) is 0 Å². The lowest BCUT2D eigenvalue weighted by atomic mass is 10.5. The fraction of sp³-hybridized carbons (Fsp3) is 1.00. The molecule has 0 radical (unpaired) electrons. The normalized spacial score (nSPS) is 27.0. The maximum atomic E-state index is 9.27. The van der Waals surface area contributed by atoms with E-state index in [1.165, 1.54) is 11.5 Å². The molecule has 0 spiro atoms. The molecule has 0 bridgehead atoms. The zero-order chi connectivity index (χ0) is 12.2. The van der Waals surface area contributed by atoms with Crippen LogP contribution in [0.2, 0.25) is 0 Å². The Morgan fingerprint density at radius 2 is 1.47 bits per heavy atom. The fourth-order valence-corrected chi connectivity index (χ4v) is 4.43. The van der Waals surface area contributed by atoms with Crippen LogP contribution in [0.15, 0.2) is 0 Å². The number of thioether (sulfide) groups is 3. The average molecular weight is 297 g/mol. The number of aliphatic hydroxyl groups is 1. The number of nitrogens with one attached hydrogen (secondary N) is 2. The van der Waals surface area contributed by atoms with E-state index in [1.807, 2.05) is 35.3 Å². The van der Waals surface area contributed by atoms with Crippen molar-refractivity contribution in [2.45, 2.75) is 5.25 Å². The van der Waals surface area contributed by atoms with Gasteiger partial charge in [0.1, 0.15) is 0 Å². The lowest BCUT2D eigenvalue weighted by Crippen LogP contribution is -2.22. The molecule has 3 nitrogen and oxygen atoms in total. The third-order valence-electron chi connectivity index (χ3n) is 2.41. The molecule has 0 aromatic rings. The number of rotatable bonds is 1. The summed E-state index contributed by atoms with van der Waals surface area (Å²) in [5.74, 6) is 5.73. The predicted molar refractivity (Wildman–Crippen MR) is 83.7 cm³/mol. The second kappa shape index (κ2) is 12.0. The molecular weight excluding hydrogens is 272 g/mol. The number of hydrogen-bond acceptors (Lipinski definition) is 6. The van der Waals surface area contributed by atoms with E-state index in [0.717, 1.165) is 43.4 Å². The Kier molecular flexibility index (Phi) is 11.3. The quantitative estimate of drug-likeness (QED) is 0.663. The maximum absolute atomic E-state index is 9.27. The van der Waals surface area contributed by atoms with Crippen LogP contribution in [-0.4, -0.2) is 71.9 Å². The topological polar surface area (TPSA) is 44.3 Å². The van der Waals surface area contributed by atoms with Crippen LogP contribution < -0.4 is 10.6 Å². The minimum absolute atomic E-state index is 0.306. The largest absolute Gasteiger partial charge is 0.395 e. The van der Waals surface area contributed by atoms with E-state index >= 15 is 0 Å². The van der Waals surface area contributed by atoms with E-state index in [9.17, 15) is 5.11 Å². The summed E-state index contributed by atoms with van der Waals surface area (Å²) in [5.41, 5.74) is 0. The van der Waals surface area contributed by atoms with Crippen LogP contribution in [0.3, 0.4) is 0 Å². The Bertz CT molecular complexity index is 159. The second-order valence-electron chi connectivity index (χ2n) is 3.86. The Hall–Kier alpha value is 0.930. The SMILES string of the molecule is OCC1CSCCNCCSCCNCCS1. The molecule has 102 valence electrons. The first kappa shape index (κ1) is 16.0. The lowest BCUT2D eigenvalue weighted by Gasteiger charge is -2.13. The zero-order valence-electron chi connectivity index (χ0n) is 10.3. The van der Waals surface area contributed by atoms with Crippen molar-refractivity contribution in [2.75, 3.05) is 61.6 Å². The van der Waals surface area contributed by atoms with Gasteiger partial charge in [-0.25, -0.2) is 0 Å². The first-order valence-corrected chi connectivity index (χ1v) is 9.58. The fourth-order valence-electron chi connectivity index (χ4n) is 1.45. The minimum atomic E-state index is 0.306. The molecule has 1 saturated heterocycles. The number of aliphatic hydroxyl groups excluding tert-OH is 1. The van der Waals surface area contributed by atoms with Crippen molar-refractivity contribution in [1.82, 2.24) is 10.6 Å². The third-order valence-corrected chi connectivity index (χ3v) is 5.96. The maximum Gasteiger partial charge on any atom is 0.0558 e. The summed E-state index contributed by atoms with van der Waals surface area (Å²) in [7, 11) is 0. The summed E-state index contributed by atoms with van der Waals surface area (Å²) < 4.78 is 0. The molecule has 1 rings (SSSR count). The van der Waals surface area contributed by atoms with Gasteiger partial charge in [0.2, 0.25) is 0 Å². The molecule has 1 fully saturated rings. The van der Waals surface area contributed by atoms with Crippen molar-refractivity contribution in [2.24, 2.45) is 0 Å². The van der Waals surface area contributed by atoms with Crippen LogP contribution in [0, 0.1) is 0 Å². The average Bonchev–Trinajstić information content (AvgIpc) is 2.36. The highest BCUT2D eigenvalue weighted by atomic mass is 32.2. The first-order chi connectivity index (χ1) is 8.43. The van der Waals surface area contributed by atoms with Crippen molar-refractivity contribution in [3.05, 3.63) is 0 Å². The molecule has 6 heteroatoms. The van der Waals surface area contributed by atoms with Crippen LogP contribution in [0.25, 0.3) is 0 Å². The highest BCUT2D eigenvalue weighted by molar-refractivity contribution is 8.03. The number of hydrogen-bond donors (Lipinski definition) is 3. The summed E-state index contributed by atoms with van der Waals surface area (Å²) in [5, 5.41) is 16.6. The molecule has 17 heavy (non-hydrogen) atoms. The highest BCUT2D eigenvalue weighted by Gasteiger charge is 2.07. The van der Waals surface area contributed by atoms with Crippen molar-refractivity contribution in [3.8, 4) is 0 Å². The molecule has 0 amide bonds. The monoisotopic (exact) mass is 296 g/mol. The van der Waals surface area contributed by atoms with Gasteiger partial charge < -0.3 is 15.7 Å². The molecule has 1 aliphatic rings. The Balaban J connectivity index is 2.16. The van der Waals surface area contributed by atoms with E-state index in [-0.39, 0.29) is 0 Å². The molecule has 1 unspecified atom stereocenters. The minimum Gasteiger partial charge on any atom is -0.395 e. The van der Waals surface area contributed by atoms with Crippen LogP contribution >= 0.6 is 35.3 Å². The molecule has 0 aromatic carbocycles. The summed E-state index contributed by atoms with van der Waals surface area (Å²) in [4.78, 5) is 0. The lowest BCUT2D eigenvalue weighted by molar-refractivity contribution is 0.301.